The van der Waals surface area contributed by atoms with E-state index < -0.39 is 0 Å². The molecule has 0 aromatic carbocycles. The summed E-state index contributed by atoms with van der Waals surface area (Å²) in [5, 5.41) is 32.7. The van der Waals surface area contributed by atoms with E-state index in [4.69, 9.17) is 0 Å². The predicted octanol–water partition coefficient (Wildman–Crippen LogP) is 5.42. The van der Waals surface area contributed by atoms with E-state index in [-0.39, 0.29) is 34.6 Å². The van der Waals surface area contributed by atoms with E-state index in [0.717, 1.165) is 38.5 Å². The highest BCUT2D eigenvalue weighted by Crippen LogP contribution is 2.65. The Hall–Kier alpha value is -0.900. The molecule has 0 heterocycles. The Morgan fingerprint density at radius 2 is 0.970 bits per heavy atom. The standard InChI is InChI=1S/C30H44O3/c1-28(2)19-12-22(28)25(31)9-16(19)7-15(18-11-27(33)24-14-21(18)30(24,5)6)8-17-10-26(32)23-13-20(17)29(23,3)4/h7-8,19-27,31-33H,9-14H2,1-6H3. The Balaban J connectivity index is 1.45. The molecule has 0 amide bonds. The van der Waals surface area contributed by atoms with Gasteiger partial charge in [0.2, 0.25) is 0 Å². The van der Waals surface area contributed by atoms with Gasteiger partial charge in [0.1, 0.15) is 0 Å². The number of fused-ring (bicyclic) bond motifs is 6. The molecule has 9 saturated carbocycles. The predicted molar refractivity (Wildman–Crippen MR) is 131 cm³/mol. The number of aliphatic hydroxyl groups is 3. The molecule has 33 heavy (non-hydrogen) atoms. The fraction of sp³-hybridized carbons (Fsp3) is 0.800. The van der Waals surface area contributed by atoms with Gasteiger partial charge in [0.25, 0.3) is 0 Å². The monoisotopic (exact) mass is 452 g/mol. The lowest BCUT2D eigenvalue weighted by atomic mass is 9.44. The Morgan fingerprint density at radius 1 is 0.606 bits per heavy atom. The maximum atomic E-state index is 11.0. The smallest absolute Gasteiger partial charge is 0.0611 e. The van der Waals surface area contributed by atoms with Crippen LogP contribution >= 0.6 is 0 Å². The molecule has 3 N–H and O–H groups in total. The third-order valence-corrected chi connectivity index (χ3v) is 12.1. The zero-order chi connectivity index (χ0) is 23.7. The summed E-state index contributed by atoms with van der Waals surface area (Å²) >= 11 is 0. The van der Waals surface area contributed by atoms with Crippen molar-refractivity contribution in [3.8, 4) is 0 Å². The first-order valence-corrected chi connectivity index (χ1v) is 13.5. The van der Waals surface area contributed by atoms with Gasteiger partial charge in [-0.05, 0) is 95.9 Å². The van der Waals surface area contributed by atoms with Gasteiger partial charge in [-0.1, -0.05) is 70.4 Å². The SMILES string of the molecule is CC1(C)C2CC1C(O)CC2=CC(C=C1CC(O)C2CC1C2(C)C)=C1CC(O)C2CC1C2(C)C. The van der Waals surface area contributed by atoms with E-state index in [1.807, 2.05) is 0 Å². The summed E-state index contributed by atoms with van der Waals surface area (Å²) in [6, 6.07) is 0. The lowest BCUT2D eigenvalue weighted by molar-refractivity contribution is -0.111. The maximum Gasteiger partial charge on any atom is 0.0611 e. The largest absolute Gasteiger partial charge is 0.392 e. The van der Waals surface area contributed by atoms with Gasteiger partial charge >= 0.3 is 0 Å². The van der Waals surface area contributed by atoms with Crippen LogP contribution in [0.1, 0.15) is 80.1 Å². The average Bonchev–Trinajstić information content (AvgIpc) is 2.70. The van der Waals surface area contributed by atoms with Gasteiger partial charge in [-0.2, -0.15) is 0 Å². The molecule has 9 unspecified atom stereocenters. The minimum Gasteiger partial charge on any atom is -0.392 e. The summed E-state index contributed by atoms with van der Waals surface area (Å²) in [7, 11) is 0. The molecule has 3 nitrogen and oxygen atoms in total. The van der Waals surface area contributed by atoms with E-state index in [9.17, 15) is 15.3 Å². The van der Waals surface area contributed by atoms with Gasteiger partial charge in [0.05, 0.1) is 18.3 Å². The molecule has 182 valence electrons. The van der Waals surface area contributed by atoms with Crippen LogP contribution in [0.15, 0.2) is 34.4 Å². The molecule has 0 saturated heterocycles. The van der Waals surface area contributed by atoms with Crippen LogP contribution in [0.3, 0.4) is 0 Å². The van der Waals surface area contributed by atoms with Crippen molar-refractivity contribution in [1.82, 2.24) is 0 Å². The second kappa shape index (κ2) is 6.86. The number of hydrogen-bond acceptors (Lipinski definition) is 3. The average molecular weight is 453 g/mol. The van der Waals surface area contributed by atoms with Crippen molar-refractivity contribution < 1.29 is 15.3 Å². The fourth-order valence-electron chi connectivity index (χ4n) is 9.51. The third-order valence-electron chi connectivity index (χ3n) is 12.1. The summed E-state index contributed by atoms with van der Waals surface area (Å²) in [5.74, 6) is 2.91. The Bertz CT molecular complexity index is 909. The summed E-state index contributed by atoms with van der Waals surface area (Å²) in [5.41, 5.74) is 6.03. The summed E-state index contributed by atoms with van der Waals surface area (Å²) in [6.07, 6.45) is 9.80. The van der Waals surface area contributed by atoms with Gasteiger partial charge in [0.15, 0.2) is 0 Å². The van der Waals surface area contributed by atoms with Gasteiger partial charge in [0, 0.05) is 0 Å². The van der Waals surface area contributed by atoms with Crippen LogP contribution in [-0.4, -0.2) is 33.6 Å². The van der Waals surface area contributed by atoms with Gasteiger partial charge in [-0.25, -0.2) is 0 Å². The van der Waals surface area contributed by atoms with E-state index >= 15 is 0 Å². The summed E-state index contributed by atoms with van der Waals surface area (Å²) in [6.45, 7) is 14.0. The highest BCUT2D eigenvalue weighted by molar-refractivity contribution is 5.47. The molecule has 9 aliphatic carbocycles. The number of rotatable bonds is 2. The first-order chi connectivity index (χ1) is 15.3. The summed E-state index contributed by atoms with van der Waals surface area (Å²) < 4.78 is 0. The van der Waals surface area contributed by atoms with Crippen molar-refractivity contribution in [2.45, 2.75) is 98.4 Å². The Labute approximate surface area is 200 Å². The minimum absolute atomic E-state index is 0.148. The second-order valence-electron chi connectivity index (χ2n) is 14.4. The third kappa shape index (κ3) is 2.91. The molecular weight excluding hydrogens is 408 g/mol. The molecule has 9 rings (SSSR count). The molecule has 3 heteroatoms. The van der Waals surface area contributed by atoms with Gasteiger partial charge in [-0.15, -0.1) is 0 Å². The summed E-state index contributed by atoms with van der Waals surface area (Å²) in [4.78, 5) is 0. The van der Waals surface area contributed by atoms with Crippen molar-refractivity contribution in [2.75, 3.05) is 0 Å². The highest BCUT2D eigenvalue weighted by atomic mass is 16.3. The van der Waals surface area contributed by atoms with Crippen LogP contribution in [0.25, 0.3) is 0 Å². The van der Waals surface area contributed by atoms with Crippen molar-refractivity contribution in [3.05, 3.63) is 34.4 Å². The minimum atomic E-state index is -0.255. The molecular formula is C30H44O3. The Kier molecular flexibility index (Phi) is 4.69. The highest BCUT2D eigenvalue weighted by Gasteiger charge is 2.59. The molecule has 0 radical (unpaired) electrons. The quantitative estimate of drug-likeness (QED) is 0.524. The fourth-order valence-corrected chi connectivity index (χ4v) is 9.51. The first kappa shape index (κ1) is 22.6. The van der Waals surface area contributed by atoms with Crippen LogP contribution in [0, 0.1) is 51.8 Å². The van der Waals surface area contributed by atoms with Crippen LogP contribution < -0.4 is 0 Å². The lowest BCUT2D eigenvalue weighted by Crippen LogP contribution is -2.56. The van der Waals surface area contributed by atoms with E-state index in [0.29, 0.717) is 35.5 Å². The number of allylic oxidation sites excluding steroid dienone is 3. The van der Waals surface area contributed by atoms with Gasteiger partial charge < -0.3 is 15.3 Å². The molecule has 0 aliphatic heterocycles. The van der Waals surface area contributed by atoms with E-state index in [2.05, 4.69) is 53.7 Å². The van der Waals surface area contributed by atoms with Crippen molar-refractivity contribution >= 4 is 0 Å². The number of hydrogen-bond donors (Lipinski definition) is 3. The number of aliphatic hydroxyl groups excluding tert-OH is 3. The molecule has 9 fully saturated rings. The molecule has 9 atom stereocenters. The second-order valence-corrected chi connectivity index (χ2v) is 14.4. The lowest BCUT2D eigenvalue weighted by Gasteiger charge is -2.61. The zero-order valence-corrected chi connectivity index (χ0v) is 21.4. The van der Waals surface area contributed by atoms with Crippen LogP contribution in [0.2, 0.25) is 0 Å². The maximum absolute atomic E-state index is 11.0. The normalized spacial score (nSPS) is 50.3. The molecule has 0 aromatic rings. The first-order valence-electron chi connectivity index (χ1n) is 13.5. The molecule has 0 aromatic heterocycles. The van der Waals surface area contributed by atoms with Crippen LogP contribution in [0.5, 0.6) is 0 Å². The van der Waals surface area contributed by atoms with Crippen molar-refractivity contribution in [3.63, 3.8) is 0 Å². The molecule has 9 aliphatic rings. The Morgan fingerprint density at radius 3 is 1.30 bits per heavy atom. The van der Waals surface area contributed by atoms with Crippen LogP contribution in [-0.2, 0) is 0 Å². The van der Waals surface area contributed by atoms with E-state index in [1.165, 1.54) is 22.3 Å². The topological polar surface area (TPSA) is 60.7 Å². The van der Waals surface area contributed by atoms with E-state index in [1.54, 1.807) is 0 Å². The van der Waals surface area contributed by atoms with Gasteiger partial charge in [-0.3, -0.25) is 0 Å². The van der Waals surface area contributed by atoms with Crippen LogP contribution in [0.4, 0.5) is 0 Å². The molecule has 6 bridgehead atoms. The zero-order valence-electron chi connectivity index (χ0n) is 21.4. The van der Waals surface area contributed by atoms with Crippen molar-refractivity contribution in [2.24, 2.45) is 51.8 Å². The molecule has 0 spiro atoms. The van der Waals surface area contributed by atoms with Crippen molar-refractivity contribution in [1.29, 1.82) is 0 Å².